The molecule has 1 fully saturated rings. The average molecular weight is 499 g/mol. The molecule has 0 aliphatic carbocycles. The lowest BCUT2D eigenvalue weighted by Gasteiger charge is -2.34. The van der Waals surface area contributed by atoms with Gasteiger partial charge in [-0.3, -0.25) is 4.79 Å². The Labute approximate surface area is 218 Å². The van der Waals surface area contributed by atoms with Gasteiger partial charge in [0.1, 0.15) is 0 Å². The molecular formula is C30H34N4O3. The molecule has 2 N–H and O–H groups in total. The molecule has 3 heterocycles. The fourth-order valence-electron chi connectivity index (χ4n) is 5.49. The maximum Gasteiger partial charge on any atom is 0.251 e. The number of hydrogen-bond donors (Lipinski definition) is 2. The van der Waals surface area contributed by atoms with Crippen LogP contribution in [0.1, 0.15) is 39.9 Å². The number of amides is 1. The number of anilines is 2. The molecule has 0 saturated carbocycles. The smallest absolute Gasteiger partial charge is 0.251 e. The fraction of sp³-hybridized carbons (Fsp3) is 0.367. The summed E-state index contributed by atoms with van der Waals surface area (Å²) in [5.74, 6) is 1.40. The van der Waals surface area contributed by atoms with E-state index in [4.69, 9.17) is 9.47 Å². The van der Waals surface area contributed by atoms with Crippen molar-refractivity contribution < 1.29 is 14.3 Å². The largest absolute Gasteiger partial charge is 0.454 e. The SMILES string of the molecule is CN1CCc2cc(CNC3CCN(c4ccc(C(=O)NCc5ccc6c(c5)OCO6)cc4)CC3)ccc21. The lowest BCUT2D eigenvalue weighted by molar-refractivity contribution is 0.0951. The topological polar surface area (TPSA) is 66.1 Å². The fourth-order valence-corrected chi connectivity index (χ4v) is 5.49. The Morgan fingerprint density at radius 3 is 2.49 bits per heavy atom. The molecule has 192 valence electrons. The monoisotopic (exact) mass is 498 g/mol. The third-order valence-corrected chi connectivity index (χ3v) is 7.75. The van der Waals surface area contributed by atoms with Crippen molar-refractivity contribution in [3.63, 3.8) is 0 Å². The van der Waals surface area contributed by atoms with Gasteiger partial charge in [0, 0.05) is 62.8 Å². The molecule has 3 aliphatic heterocycles. The van der Waals surface area contributed by atoms with Crippen LogP contribution in [0, 0.1) is 0 Å². The summed E-state index contributed by atoms with van der Waals surface area (Å²) < 4.78 is 10.8. The molecule has 0 unspecified atom stereocenters. The predicted octanol–water partition coefficient (Wildman–Crippen LogP) is 4.10. The summed E-state index contributed by atoms with van der Waals surface area (Å²) in [6, 6.07) is 21.1. The Morgan fingerprint density at radius 1 is 0.892 bits per heavy atom. The molecule has 0 bridgehead atoms. The summed E-state index contributed by atoms with van der Waals surface area (Å²) in [6.45, 7) is 4.78. The summed E-state index contributed by atoms with van der Waals surface area (Å²) in [4.78, 5) is 17.4. The van der Waals surface area contributed by atoms with Crippen molar-refractivity contribution in [3.8, 4) is 11.5 Å². The van der Waals surface area contributed by atoms with Crippen molar-refractivity contribution >= 4 is 17.3 Å². The van der Waals surface area contributed by atoms with Gasteiger partial charge in [-0.05, 0) is 78.4 Å². The van der Waals surface area contributed by atoms with E-state index in [1.165, 1.54) is 22.5 Å². The van der Waals surface area contributed by atoms with Gasteiger partial charge in [-0.2, -0.15) is 0 Å². The second-order valence-corrected chi connectivity index (χ2v) is 10.2. The van der Waals surface area contributed by atoms with Crippen molar-refractivity contribution in [2.45, 2.75) is 38.4 Å². The first-order valence-electron chi connectivity index (χ1n) is 13.2. The molecule has 6 rings (SSSR count). The van der Waals surface area contributed by atoms with E-state index >= 15 is 0 Å². The van der Waals surface area contributed by atoms with E-state index in [0.29, 0.717) is 18.2 Å². The number of benzene rings is 3. The number of piperidine rings is 1. The van der Waals surface area contributed by atoms with Crippen molar-refractivity contribution in [3.05, 3.63) is 82.9 Å². The van der Waals surface area contributed by atoms with Crippen molar-refractivity contribution in [1.82, 2.24) is 10.6 Å². The van der Waals surface area contributed by atoms with E-state index in [1.807, 2.05) is 30.3 Å². The number of rotatable bonds is 7. The molecule has 0 spiro atoms. The molecule has 3 aromatic carbocycles. The zero-order chi connectivity index (χ0) is 25.2. The van der Waals surface area contributed by atoms with Gasteiger partial charge in [-0.1, -0.05) is 18.2 Å². The molecule has 37 heavy (non-hydrogen) atoms. The minimum absolute atomic E-state index is 0.0784. The number of carbonyl (C=O) groups excluding carboxylic acids is 1. The van der Waals surface area contributed by atoms with Crippen LogP contribution in [0.2, 0.25) is 0 Å². The van der Waals surface area contributed by atoms with Crippen LogP contribution < -0.4 is 29.9 Å². The summed E-state index contributed by atoms with van der Waals surface area (Å²) in [5, 5.41) is 6.76. The maximum absolute atomic E-state index is 12.7. The molecule has 7 heteroatoms. The Kier molecular flexibility index (Phi) is 6.62. The number of nitrogens with zero attached hydrogens (tertiary/aromatic N) is 2. The van der Waals surface area contributed by atoms with Crippen molar-refractivity contribution in [2.24, 2.45) is 0 Å². The van der Waals surface area contributed by atoms with E-state index in [-0.39, 0.29) is 12.7 Å². The highest BCUT2D eigenvalue weighted by molar-refractivity contribution is 5.94. The number of nitrogens with one attached hydrogen (secondary N) is 2. The summed E-state index contributed by atoms with van der Waals surface area (Å²) >= 11 is 0. The number of fused-ring (bicyclic) bond motifs is 2. The summed E-state index contributed by atoms with van der Waals surface area (Å²) in [5.41, 5.74) is 7.06. The van der Waals surface area contributed by atoms with Crippen molar-refractivity contribution in [2.75, 3.05) is 43.3 Å². The van der Waals surface area contributed by atoms with Crippen LogP contribution in [0.5, 0.6) is 11.5 Å². The summed E-state index contributed by atoms with van der Waals surface area (Å²) in [6.07, 6.45) is 3.38. The predicted molar refractivity (Wildman–Crippen MR) is 146 cm³/mol. The van der Waals surface area contributed by atoms with Crippen LogP contribution in [0.15, 0.2) is 60.7 Å². The Bertz CT molecular complexity index is 1270. The normalized spacial score (nSPS) is 16.7. The highest BCUT2D eigenvalue weighted by Gasteiger charge is 2.20. The highest BCUT2D eigenvalue weighted by atomic mass is 16.7. The first-order valence-corrected chi connectivity index (χ1v) is 13.2. The van der Waals surface area contributed by atoms with Crippen LogP contribution in [0.4, 0.5) is 11.4 Å². The van der Waals surface area contributed by atoms with Gasteiger partial charge in [0.2, 0.25) is 6.79 Å². The van der Waals surface area contributed by atoms with Gasteiger partial charge in [-0.25, -0.2) is 0 Å². The van der Waals surface area contributed by atoms with Crippen LogP contribution >= 0.6 is 0 Å². The Balaban J connectivity index is 0.963. The molecule has 0 atom stereocenters. The Hall–Kier alpha value is -3.71. The molecule has 1 saturated heterocycles. The second-order valence-electron chi connectivity index (χ2n) is 10.2. The van der Waals surface area contributed by atoms with Crippen LogP contribution in [-0.2, 0) is 19.5 Å². The van der Waals surface area contributed by atoms with Gasteiger partial charge < -0.3 is 29.9 Å². The zero-order valence-corrected chi connectivity index (χ0v) is 21.3. The van der Waals surface area contributed by atoms with Gasteiger partial charge in [0.05, 0.1) is 0 Å². The third kappa shape index (κ3) is 5.23. The van der Waals surface area contributed by atoms with E-state index < -0.39 is 0 Å². The lowest BCUT2D eigenvalue weighted by Crippen LogP contribution is -2.42. The van der Waals surface area contributed by atoms with Crippen LogP contribution in [0.3, 0.4) is 0 Å². The minimum atomic E-state index is -0.0784. The second kappa shape index (κ2) is 10.3. The lowest BCUT2D eigenvalue weighted by atomic mass is 10.0. The minimum Gasteiger partial charge on any atom is -0.454 e. The number of ether oxygens (including phenoxy) is 2. The molecule has 3 aliphatic rings. The first-order chi connectivity index (χ1) is 18.1. The molecule has 3 aromatic rings. The average Bonchev–Trinajstić information content (AvgIpc) is 3.57. The van der Waals surface area contributed by atoms with Gasteiger partial charge in [-0.15, -0.1) is 0 Å². The van der Waals surface area contributed by atoms with E-state index in [1.54, 1.807) is 0 Å². The number of likely N-dealkylation sites (N-methyl/N-ethyl adjacent to an activating group) is 1. The van der Waals surface area contributed by atoms with E-state index in [2.05, 4.69) is 57.8 Å². The standard InChI is InChI=1S/C30H34N4O3/c1-33-13-10-24-16-21(2-8-27(24)33)18-31-25-11-14-34(15-12-25)26-6-4-23(5-7-26)30(35)32-19-22-3-9-28-29(17-22)37-20-36-28/h2-9,16-17,25,31H,10-15,18-20H2,1H3,(H,32,35). The third-order valence-electron chi connectivity index (χ3n) is 7.75. The van der Waals surface area contributed by atoms with E-state index in [0.717, 1.165) is 62.5 Å². The van der Waals surface area contributed by atoms with Gasteiger partial charge >= 0.3 is 0 Å². The number of carbonyl (C=O) groups is 1. The maximum atomic E-state index is 12.7. The van der Waals surface area contributed by atoms with Crippen molar-refractivity contribution in [1.29, 1.82) is 0 Å². The highest BCUT2D eigenvalue weighted by Crippen LogP contribution is 2.32. The quantitative estimate of drug-likeness (QED) is 0.512. The van der Waals surface area contributed by atoms with Gasteiger partial charge in [0.15, 0.2) is 11.5 Å². The van der Waals surface area contributed by atoms with Crippen LogP contribution in [0.25, 0.3) is 0 Å². The number of hydrogen-bond acceptors (Lipinski definition) is 6. The molecule has 1 amide bonds. The zero-order valence-electron chi connectivity index (χ0n) is 21.3. The Morgan fingerprint density at radius 2 is 1.65 bits per heavy atom. The molecule has 0 aromatic heterocycles. The summed E-state index contributed by atoms with van der Waals surface area (Å²) in [7, 11) is 2.17. The van der Waals surface area contributed by atoms with E-state index in [9.17, 15) is 4.79 Å². The molecular weight excluding hydrogens is 464 g/mol. The molecule has 0 radical (unpaired) electrons. The van der Waals surface area contributed by atoms with Gasteiger partial charge in [0.25, 0.3) is 5.91 Å². The first kappa shape index (κ1) is 23.7. The molecule has 7 nitrogen and oxygen atoms in total. The van der Waals surface area contributed by atoms with Crippen LogP contribution in [-0.4, -0.2) is 45.4 Å².